The van der Waals surface area contributed by atoms with Gasteiger partial charge in [-0.15, -0.1) is 0 Å². The molecule has 0 aromatic carbocycles. The zero-order chi connectivity index (χ0) is 11.4. The molecule has 1 aromatic rings. The SMILES string of the molecule is O=C1CCCC1CCOc1cncc(Cl)c1. The van der Waals surface area contributed by atoms with Crippen LogP contribution in [0.3, 0.4) is 0 Å². The van der Waals surface area contributed by atoms with Gasteiger partial charge in [0, 0.05) is 24.6 Å². The molecule has 0 saturated heterocycles. The summed E-state index contributed by atoms with van der Waals surface area (Å²) in [6.07, 6.45) is 6.77. The number of Topliss-reactive ketones (excluding diaryl/α,β-unsaturated/α-hetero) is 1. The second-order valence-electron chi connectivity index (χ2n) is 4.03. The Morgan fingerprint density at radius 1 is 1.50 bits per heavy atom. The van der Waals surface area contributed by atoms with E-state index < -0.39 is 0 Å². The first-order valence-electron chi connectivity index (χ1n) is 5.52. The Balaban J connectivity index is 1.77. The number of carbonyl (C=O) groups is 1. The number of halogens is 1. The Hall–Kier alpha value is -1.09. The summed E-state index contributed by atoms with van der Waals surface area (Å²) < 4.78 is 5.50. The average molecular weight is 240 g/mol. The summed E-state index contributed by atoms with van der Waals surface area (Å²) in [5.74, 6) is 1.25. The Kier molecular flexibility index (Phi) is 3.78. The molecule has 0 spiro atoms. The third-order valence-electron chi connectivity index (χ3n) is 2.85. The van der Waals surface area contributed by atoms with Crippen LogP contribution < -0.4 is 4.74 Å². The maximum absolute atomic E-state index is 11.4. The number of hydrogen-bond donors (Lipinski definition) is 0. The first kappa shape index (κ1) is 11.4. The summed E-state index contributed by atoms with van der Waals surface area (Å²) >= 11 is 5.78. The number of carbonyl (C=O) groups excluding carboxylic acids is 1. The molecule has 1 aliphatic rings. The number of pyridine rings is 1. The van der Waals surface area contributed by atoms with Crippen LogP contribution in [0, 0.1) is 5.92 Å². The van der Waals surface area contributed by atoms with Crippen LogP contribution in [0.5, 0.6) is 5.75 Å². The van der Waals surface area contributed by atoms with Crippen molar-refractivity contribution in [3.8, 4) is 5.75 Å². The molecule has 16 heavy (non-hydrogen) atoms. The Morgan fingerprint density at radius 3 is 3.06 bits per heavy atom. The molecule has 86 valence electrons. The summed E-state index contributed by atoms with van der Waals surface area (Å²) in [5.41, 5.74) is 0. The highest BCUT2D eigenvalue weighted by Crippen LogP contribution is 2.24. The fourth-order valence-corrected chi connectivity index (χ4v) is 2.15. The molecule has 1 aromatic heterocycles. The topological polar surface area (TPSA) is 39.2 Å². The highest BCUT2D eigenvalue weighted by Gasteiger charge is 2.23. The Labute approximate surface area is 99.8 Å². The van der Waals surface area contributed by atoms with E-state index in [9.17, 15) is 4.79 Å². The van der Waals surface area contributed by atoms with Gasteiger partial charge in [-0.25, -0.2) is 0 Å². The fourth-order valence-electron chi connectivity index (χ4n) is 1.98. The van der Waals surface area contributed by atoms with Crippen LogP contribution in [-0.2, 0) is 4.79 Å². The first-order valence-corrected chi connectivity index (χ1v) is 5.89. The van der Waals surface area contributed by atoms with Crippen molar-refractivity contribution in [2.45, 2.75) is 25.7 Å². The fraction of sp³-hybridized carbons (Fsp3) is 0.500. The maximum atomic E-state index is 11.4. The molecule has 4 heteroatoms. The molecule has 0 radical (unpaired) electrons. The van der Waals surface area contributed by atoms with Crippen LogP contribution in [0.25, 0.3) is 0 Å². The van der Waals surface area contributed by atoms with Crippen molar-refractivity contribution < 1.29 is 9.53 Å². The van der Waals surface area contributed by atoms with Gasteiger partial charge in [-0.1, -0.05) is 11.6 Å². The lowest BCUT2D eigenvalue weighted by Gasteiger charge is -2.09. The van der Waals surface area contributed by atoms with E-state index in [0.29, 0.717) is 23.2 Å². The highest BCUT2D eigenvalue weighted by atomic mass is 35.5. The second kappa shape index (κ2) is 5.30. The largest absolute Gasteiger partial charge is 0.492 e. The zero-order valence-corrected chi connectivity index (χ0v) is 9.74. The third-order valence-corrected chi connectivity index (χ3v) is 3.05. The van der Waals surface area contributed by atoms with Gasteiger partial charge in [0.1, 0.15) is 11.5 Å². The summed E-state index contributed by atoms with van der Waals surface area (Å²) in [6, 6.07) is 1.73. The predicted molar refractivity (Wildman–Crippen MR) is 61.7 cm³/mol. The molecule has 1 fully saturated rings. The van der Waals surface area contributed by atoms with Crippen molar-refractivity contribution >= 4 is 17.4 Å². The van der Waals surface area contributed by atoms with E-state index in [1.807, 2.05) is 0 Å². The van der Waals surface area contributed by atoms with Gasteiger partial charge in [0.2, 0.25) is 0 Å². The van der Waals surface area contributed by atoms with E-state index >= 15 is 0 Å². The van der Waals surface area contributed by atoms with E-state index in [0.717, 1.165) is 25.7 Å². The van der Waals surface area contributed by atoms with Crippen LogP contribution in [0.1, 0.15) is 25.7 Å². The highest BCUT2D eigenvalue weighted by molar-refractivity contribution is 6.30. The minimum Gasteiger partial charge on any atom is -0.492 e. The summed E-state index contributed by atoms with van der Waals surface area (Å²) in [6.45, 7) is 0.554. The standard InChI is InChI=1S/C12H14ClNO2/c13-10-6-11(8-14-7-10)16-5-4-9-2-1-3-12(9)15/h6-9H,1-5H2. The van der Waals surface area contributed by atoms with Gasteiger partial charge in [-0.3, -0.25) is 9.78 Å². The number of nitrogens with zero attached hydrogens (tertiary/aromatic N) is 1. The number of ketones is 1. The van der Waals surface area contributed by atoms with Crippen LogP contribution in [0.2, 0.25) is 5.02 Å². The van der Waals surface area contributed by atoms with Gasteiger partial charge in [-0.2, -0.15) is 0 Å². The van der Waals surface area contributed by atoms with Crippen LogP contribution in [0.4, 0.5) is 0 Å². The van der Waals surface area contributed by atoms with Gasteiger partial charge in [-0.05, 0) is 19.3 Å². The van der Waals surface area contributed by atoms with E-state index in [1.54, 1.807) is 18.5 Å². The Morgan fingerprint density at radius 2 is 2.38 bits per heavy atom. The molecule has 1 unspecified atom stereocenters. The monoisotopic (exact) mass is 239 g/mol. The maximum Gasteiger partial charge on any atom is 0.139 e. The molecule has 0 bridgehead atoms. The predicted octanol–water partition coefficient (Wildman–Crippen LogP) is 2.87. The third kappa shape index (κ3) is 2.95. The minimum absolute atomic E-state index is 0.201. The van der Waals surface area contributed by atoms with Crippen molar-refractivity contribution in [2.75, 3.05) is 6.61 Å². The van der Waals surface area contributed by atoms with Gasteiger partial charge >= 0.3 is 0 Å². The van der Waals surface area contributed by atoms with Gasteiger partial charge in [0.25, 0.3) is 0 Å². The lowest BCUT2D eigenvalue weighted by atomic mass is 10.0. The van der Waals surface area contributed by atoms with Gasteiger partial charge in [0.05, 0.1) is 17.8 Å². The number of rotatable bonds is 4. The van der Waals surface area contributed by atoms with Gasteiger partial charge in [0.15, 0.2) is 0 Å². The molecule has 0 aliphatic heterocycles. The van der Waals surface area contributed by atoms with Crippen LogP contribution in [0.15, 0.2) is 18.5 Å². The van der Waals surface area contributed by atoms with Crippen LogP contribution >= 0.6 is 11.6 Å². The lowest BCUT2D eigenvalue weighted by Crippen LogP contribution is -2.11. The average Bonchev–Trinajstić information content (AvgIpc) is 2.65. The summed E-state index contributed by atoms with van der Waals surface area (Å²) in [4.78, 5) is 15.3. The normalized spacial score (nSPS) is 20.1. The molecule has 1 saturated carbocycles. The number of aromatic nitrogens is 1. The molecular weight excluding hydrogens is 226 g/mol. The molecule has 1 heterocycles. The first-order chi connectivity index (χ1) is 7.75. The van der Waals surface area contributed by atoms with E-state index in [2.05, 4.69) is 4.98 Å². The van der Waals surface area contributed by atoms with E-state index in [1.165, 1.54) is 0 Å². The molecule has 0 N–H and O–H groups in total. The molecule has 1 atom stereocenters. The number of ether oxygens (including phenoxy) is 1. The van der Waals surface area contributed by atoms with Crippen molar-refractivity contribution in [1.29, 1.82) is 0 Å². The smallest absolute Gasteiger partial charge is 0.139 e. The summed E-state index contributed by atoms with van der Waals surface area (Å²) in [7, 11) is 0. The zero-order valence-electron chi connectivity index (χ0n) is 8.99. The molecular formula is C12H14ClNO2. The molecule has 3 nitrogen and oxygen atoms in total. The van der Waals surface area contributed by atoms with E-state index in [-0.39, 0.29) is 5.92 Å². The molecule has 2 rings (SSSR count). The number of hydrogen-bond acceptors (Lipinski definition) is 3. The van der Waals surface area contributed by atoms with Crippen molar-refractivity contribution in [1.82, 2.24) is 4.98 Å². The van der Waals surface area contributed by atoms with Crippen molar-refractivity contribution in [2.24, 2.45) is 5.92 Å². The lowest BCUT2D eigenvalue weighted by molar-refractivity contribution is -0.121. The quantitative estimate of drug-likeness (QED) is 0.811. The second-order valence-corrected chi connectivity index (χ2v) is 4.47. The summed E-state index contributed by atoms with van der Waals surface area (Å²) in [5, 5.41) is 0.564. The van der Waals surface area contributed by atoms with Gasteiger partial charge < -0.3 is 4.74 Å². The Bertz CT molecular complexity index is 381. The van der Waals surface area contributed by atoms with E-state index in [4.69, 9.17) is 16.3 Å². The molecule has 1 aliphatic carbocycles. The van der Waals surface area contributed by atoms with Crippen LogP contribution in [-0.4, -0.2) is 17.4 Å². The van der Waals surface area contributed by atoms with Crippen molar-refractivity contribution in [3.05, 3.63) is 23.5 Å². The van der Waals surface area contributed by atoms with Crippen molar-refractivity contribution in [3.63, 3.8) is 0 Å². The molecule has 0 amide bonds. The minimum atomic E-state index is 0.201.